The van der Waals surface area contributed by atoms with Crippen LogP contribution in [0.1, 0.15) is 38.5 Å². The van der Waals surface area contributed by atoms with Crippen molar-refractivity contribution in [3.63, 3.8) is 0 Å². The largest absolute Gasteiger partial charge is 0.493 e. The van der Waals surface area contributed by atoms with Gasteiger partial charge in [-0.3, -0.25) is 0 Å². The Bertz CT molecular complexity index is 1140. The number of benzene rings is 2. The van der Waals surface area contributed by atoms with Gasteiger partial charge in [-0.15, -0.1) is 0 Å². The van der Waals surface area contributed by atoms with Crippen LogP contribution in [-0.4, -0.2) is 42.6 Å². The monoisotopic (exact) mass is 456 g/mol. The highest BCUT2D eigenvalue weighted by Crippen LogP contribution is 2.28. The van der Waals surface area contributed by atoms with E-state index in [1.165, 1.54) is 0 Å². The minimum absolute atomic E-state index is 0.275. The van der Waals surface area contributed by atoms with E-state index < -0.39 is 10.0 Å². The van der Waals surface area contributed by atoms with E-state index in [9.17, 15) is 8.42 Å². The first-order valence-electron chi connectivity index (χ1n) is 11.0. The molecular formula is C23H28N4O4S. The summed E-state index contributed by atoms with van der Waals surface area (Å²) >= 11 is 0. The molecule has 9 heteroatoms. The summed E-state index contributed by atoms with van der Waals surface area (Å²) in [5.41, 5.74) is 1.44. The van der Waals surface area contributed by atoms with Crippen LogP contribution in [0.3, 0.4) is 0 Å². The van der Waals surface area contributed by atoms with Crippen molar-refractivity contribution >= 4 is 15.7 Å². The average molecular weight is 457 g/mol. The Labute approximate surface area is 188 Å². The van der Waals surface area contributed by atoms with Crippen LogP contribution in [0, 0.1) is 0 Å². The van der Waals surface area contributed by atoms with Gasteiger partial charge >= 0.3 is 0 Å². The van der Waals surface area contributed by atoms with Crippen molar-refractivity contribution in [2.24, 2.45) is 0 Å². The van der Waals surface area contributed by atoms with Crippen molar-refractivity contribution in [1.29, 1.82) is 0 Å². The van der Waals surface area contributed by atoms with Gasteiger partial charge in [0, 0.05) is 18.8 Å². The summed E-state index contributed by atoms with van der Waals surface area (Å²) in [4.78, 5) is 4.74. The fraction of sp³-hybridized carbons (Fsp3) is 0.391. The molecule has 170 valence electrons. The minimum Gasteiger partial charge on any atom is -0.493 e. The molecule has 4 rings (SSSR count). The van der Waals surface area contributed by atoms with E-state index in [0.717, 1.165) is 31.2 Å². The Hall–Kier alpha value is -2.91. The second-order valence-corrected chi connectivity index (χ2v) is 9.58. The van der Waals surface area contributed by atoms with Crippen molar-refractivity contribution in [2.75, 3.05) is 25.0 Å². The van der Waals surface area contributed by atoms with E-state index in [1.807, 2.05) is 37.3 Å². The predicted molar refractivity (Wildman–Crippen MR) is 122 cm³/mol. The second kappa shape index (κ2) is 10.1. The van der Waals surface area contributed by atoms with Gasteiger partial charge in [0.15, 0.2) is 0 Å². The molecule has 0 amide bonds. The third-order valence-electron chi connectivity index (χ3n) is 5.38. The zero-order valence-electron chi connectivity index (χ0n) is 18.2. The number of hydrogen-bond acceptors (Lipinski definition) is 7. The number of hydrogen-bond donors (Lipinski definition) is 1. The second-order valence-electron chi connectivity index (χ2n) is 7.64. The first-order valence-corrected chi connectivity index (χ1v) is 12.4. The van der Waals surface area contributed by atoms with Crippen LogP contribution in [0.15, 0.2) is 57.9 Å². The van der Waals surface area contributed by atoms with E-state index in [1.54, 1.807) is 22.5 Å². The highest BCUT2D eigenvalue weighted by atomic mass is 32.2. The van der Waals surface area contributed by atoms with Gasteiger partial charge in [-0.2, -0.15) is 9.29 Å². The molecular weight excluding hydrogens is 428 g/mol. The number of sulfonamides is 1. The molecule has 8 nitrogen and oxygen atoms in total. The van der Waals surface area contributed by atoms with Crippen LogP contribution in [0.25, 0.3) is 11.4 Å². The van der Waals surface area contributed by atoms with Gasteiger partial charge in [-0.1, -0.05) is 36.2 Å². The lowest BCUT2D eigenvalue weighted by atomic mass is 10.2. The molecule has 0 saturated carbocycles. The Morgan fingerprint density at radius 1 is 1.06 bits per heavy atom. The zero-order chi connectivity index (χ0) is 22.4. The number of ether oxygens (including phenoxy) is 1. The molecule has 1 aromatic heterocycles. The van der Waals surface area contributed by atoms with Crippen molar-refractivity contribution in [1.82, 2.24) is 14.4 Å². The molecule has 32 heavy (non-hydrogen) atoms. The number of nitrogens with zero attached hydrogens (tertiary/aromatic N) is 3. The standard InChI is InChI=1S/C23H28N4O4S/c1-2-30-21-13-6-5-12-20(21)23-25-22(31-26-23)17-24-18-10-9-11-19(16-18)32(28,29)27-14-7-3-4-8-15-27/h5-6,9-13,16,24H,2-4,7-8,14-15,17H2,1H3. The van der Waals surface area contributed by atoms with Gasteiger partial charge in [0.1, 0.15) is 5.75 Å². The Morgan fingerprint density at radius 2 is 1.84 bits per heavy atom. The van der Waals surface area contributed by atoms with Crippen LogP contribution >= 0.6 is 0 Å². The molecule has 0 atom stereocenters. The van der Waals surface area contributed by atoms with Crippen molar-refractivity contribution in [2.45, 2.75) is 44.0 Å². The van der Waals surface area contributed by atoms with Gasteiger partial charge in [0.25, 0.3) is 0 Å². The number of anilines is 1. The van der Waals surface area contributed by atoms with Crippen LogP contribution in [0.4, 0.5) is 5.69 Å². The molecule has 1 N–H and O–H groups in total. The summed E-state index contributed by atoms with van der Waals surface area (Å²) in [5, 5.41) is 7.24. The summed E-state index contributed by atoms with van der Waals surface area (Å²) in [5.74, 6) is 1.54. The predicted octanol–water partition coefficient (Wildman–Crippen LogP) is 4.31. The normalized spacial score (nSPS) is 15.3. The SMILES string of the molecule is CCOc1ccccc1-c1noc(CNc2cccc(S(=O)(=O)N3CCCCCC3)c2)n1. The van der Waals surface area contributed by atoms with E-state index in [0.29, 0.717) is 47.7 Å². The minimum atomic E-state index is -3.50. The molecule has 3 aromatic rings. The third kappa shape index (κ3) is 5.11. The Morgan fingerprint density at radius 3 is 2.62 bits per heavy atom. The summed E-state index contributed by atoms with van der Waals surface area (Å²) < 4.78 is 38.7. The van der Waals surface area contributed by atoms with E-state index in [-0.39, 0.29) is 6.54 Å². The maximum atomic E-state index is 13.1. The number of para-hydroxylation sites is 1. The van der Waals surface area contributed by atoms with Crippen LogP contribution in [-0.2, 0) is 16.6 Å². The number of aromatic nitrogens is 2. The Kier molecular flexibility index (Phi) is 7.06. The average Bonchev–Trinajstić information content (AvgIpc) is 3.10. The highest BCUT2D eigenvalue weighted by Gasteiger charge is 2.25. The van der Waals surface area contributed by atoms with Crippen LogP contribution in [0.2, 0.25) is 0 Å². The van der Waals surface area contributed by atoms with E-state index in [4.69, 9.17) is 9.26 Å². The molecule has 1 fully saturated rings. The Balaban J connectivity index is 1.45. The van der Waals surface area contributed by atoms with E-state index in [2.05, 4.69) is 15.5 Å². The molecule has 1 aliphatic rings. The quantitative estimate of drug-likeness (QED) is 0.539. The van der Waals surface area contributed by atoms with Gasteiger partial charge in [-0.05, 0) is 50.1 Å². The molecule has 0 aliphatic carbocycles. The van der Waals surface area contributed by atoms with Crippen molar-refractivity contribution in [3.05, 3.63) is 54.4 Å². The number of rotatable bonds is 8. The maximum Gasteiger partial charge on any atom is 0.246 e. The highest BCUT2D eigenvalue weighted by molar-refractivity contribution is 7.89. The summed E-state index contributed by atoms with van der Waals surface area (Å²) in [7, 11) is -3.50. The summed E-state index contributed by atoms with van der Waals surface area (Å²) in [6.45, 7) is 3.89. The third-order valence-corrected chi connectivity index (χ3v) is 7.27. The molecule has 0 unspecified atom stereocenters. The fourth-order valence-corrected chi connectivity index (χ4v) is 5.31. The molecule has 2 heterocycles. The van der Waals surface area contributed by atoms with Gasteiger partial charge < -0.3 is 14.6 Å². The van der Waals surface area contributed by atoms with Gasteiger partial charge in [0.05, 0.1) is 23.6 Å². The van der Waals surface area contributed by atoms with Crippen molar-refractivity contribution < 1.29 is 17.7 Å². The van der Waals surface area contributed by atoms with Gasteiger partial charge in [-0.25, -0.2) is 8.42 Å². The molecule has 1 aliphatic heterocycles. The molecule has 1 saturated heterocycles. The first kappa shape index (κ1) is 22.3. The molecule has 0 radical (unpaired) electrons. The smallest absolute Gasteiger partial charge is 0.246 e. The van der Waals surface area contributed by atoms with E-state index >= 15 is 0 Å². The maximum absolute atomic E-state index is 13.1. The zero-order valence-corrected chi connectivity index (χ0v) is 19.0. The van der Waals surface area contributed by atoms with Crippen LogP contribution < -0.4 is 10.1 Å². The lowest BCUT2D eigenvalue weighted by Gasteiger charge is -2.20. The van der Waals surface area contributed by atoms with Crippen molar-refractivity contribution in [3.8, 4) is 17.1 Å². The molecule has 0 bridgehead atoms. The topological polar surface area (TPSA) is 97.6 Å². The van der Waals surface area contributed by atoms with Crippen LogP contribution in [0.5, 0.6) is 5.75 Å². The van der Waals surface area contributed by atoms with Gasteiger partial charge in [0.2, 0.25) is 21.7 Å². The number of nitrogens with one attached hydrogen (secondary N) is 1. The molecule has 0 spiro atoms. The fourth-order valence-electron chi connectivity index (χ4n) is 3.74. The first-order chi connectivity index (χ1) is 15.6. The summed E-state index contributed by atoms with van der Waals surface area (Å²) in [6, 6.07) is 14.4. The molecule has 2 aromatic carbocycles. The summed E-state index contributed by atoms with van der Waals surface area (Å²) in [6.07, 6.45) is 3.97. The lowest BCUT2D eigenvalue weighted by molar-refractivity contribution is 0.341. The lowest BCUT2D eigenvalue weighted by Crippen LogP contribution is -2.31.